The van der Waals surface area contributed by atoms with Crippen molar-refractivity contribution in [2.75, 3.05) is 18.5 Å². The molecule has 21 heavy (non-hydrogen) atoms. The third kappa shape index (κ3) is 2.18. The van der Waals surface area contributed by atoms with Crippen molar-refractivity contribution in [2.45, 2.75) is 31.3 Å². The van der Waals surface area contributed by atoms with E-state index >= 15 is 0 Å². The van der Waals surface area contributed by atoms with E-state index in [0.717, 1.165) is 36.0 Å². The smallest absolute Gasteiger partial charge is 0.226 e. The highest BCUT2D eigenvalue weighted by Crippen LogP contribution is 2.48. The lowest BCUT2D eigenvalue weighted by molar-refractivity contribution is -0.134. The normalized spacial score (nSPS) is 30.6. The molecule has 5 heteroatoms. The molecule has 4 nitrogen and oxygen atoms in total. The molecule has 2 N–H and O–H groups in total. The Morgan fingerprint density at radius 2 is 2.19 bits per heavy atom. The van der Waals surface area contributed by atoms with Crippen LogP contribution in [0.1, 0.15) is 30.9 Å². The molecule has 0 radical (unpaired) electrons. The summed E-state index contributed by atoms with van der Waals surface area (Å²) in [6.07, 6.45) is 3.05. The predicted molar refractivity (Wildman–Crippen MR) is 83.9 cm³/mol. The highest BCUT2D eigenvalue weighted by atomic mass is 79.9. The molecule has 1 aliphatic carbocycles. The van der Waals surface area contributed by atoms with Crippen LogP contribution < -0.4 is 5.32 Å². The van der Waals surface area contributed by atoms with Gasteiger partial charge in [0.2, 0.25) is 5.91 Å². The number of carbonyl (C=O) groups is 1. The van der Waals surface area contributed by atoms with E-state index in [1.807, 2.05) is 12.1 Å². The van der Waals surface area contributed by atoms with Gasteiger partial charge in [0.15, 0.2) is 0 Å². The number of amides is 1. The van der Waals surface area contributed by atoms with E-state index in [-0.39, 0.29) is 24.6 Å². The zero-order valence-corrected chi connectivity index (χ0v) is 13.3. The van der Waals surface area contributed by atoms with Crippen LogP contribution >= 0.6 is 15.9 Å². The largest absolute Gasteiger partial charge is 0.394 e. The fourth-order valence-corrected chi connectivity index (χ4v) is 4.22. The van der Waals surface area contributed by atoms with Crippen LogP contribution in [0.5, 0.6) is 0 Å². The molecule has 1 amide bonds. The lowest BCUT2D eigenvalue weighted by atomic mass is 9.83. The van der Waals surface area contributed by atoms with Crippen molar-refractivity contribution in [3.63, 3.8) is 0 Å². The molecule has 1 saturated carbocycles. The monoisotopic (exact) mass is 350 g/mol. The van der Waals surface area contributed by atoms with Crippen LogP contribution in [0.25, 0.3) is 0 Å². The van der Waals surface area contributed by atoms with Gasteiger partial charge < -0.3 is 15.3 Å². The lowest BCUT2D eigenvalue weighted by Gasteiger charge is -2.39. The summed E-state index contributed by atoms with van der Waals surface area (Å²) in [5.74, 6) is 0.869. The van der Waals surface area contributed by atoms with Gasteiger partial charge in [-0.3, -0.25) is 4.79 Å². The molecule has 1 aromatic rings. The van der Waals surface area contributed by atoms with Crippen LogP contribution in [0.3, 0.4) is 0 Å². The first-order valence-corrected chi connectivity index (χ1v) is 8.45. The quantitative estimate of drug-likeness (QED) is 0.861. The number of rotatable bonds is 2. The molecule has 1 aromatic carbocycles. The third-order valence-corrected chi connectivity index (χ3v) is 5.53. The Bertz CT molecular complexity index is 588. The van der Waals surface area contributed by atoms with E-state index in [9.17, 15) is 9.90 Å². The number of nitrogens with zero attached hydrogens (tertiary/aromatic N) is 1. The Morgan fingerprint density at radius 1 is 1.38 bits per heavy atom. The highest BCUT2D eigenvalue weighted by Gasteiger charge is 2.48. The van der Waals surface area contributed by atoms with Crippen molar-refractivity contribution >= 4 is 27.5 Å². The van der Waals surface area contributed by atoms with Crippen molar-refractivity contribution in [2.24, 2.45) is 11.8 Å². The van der Waals surface area contributed by atoms with Gasteiger partial charge in [0.25, 0.3) is 0 Å². The molecule has 0 aromatic heterocycles. The molecule has 2 aliphatic heterocycles. The van der Waals surface area contributed by atoms with Crippen molar-refractivity contribution < 1.29 is 9.90 Å². The number of hydrogen-bond acceptors (Lipinski definition) is 3. The zero-order valence-electron chi connectivity index (χ0n) is 11.8. The number of likely N-dealkylation sites (tertiary alicyclic amines) is 1. The van der Waals surface area contributed by atoms with E-state index < -0.39 is 0 Å². The number of carbonyl (C=O) groups excluding carboxylic acids is 1. The van der Waals surface area contributed by atoms with Gasteiger partial charge in [-0.1, -0.05) is 15.9 Å². The van der Waals surface area contributed by atoms with Crippen LogP contribution in [0, 0.1) is 11.8 Å². The van der Waals surface area contributed by atoms with Gasteiger partial charge in [-0.05, 0) is 43.0 Å². The minimum Gasteiger partial charge on any atom is -0.394 e. The second-order valence-corrected chi connectivity index (χ2v) is 7.28. The zero-order chi connectivity index (χ0) is 14.6. The van der Waals surface area contributed by atoms with Gasteiger partial charge in [-0.15, -0.1) is 0 Å². The van der Waals surface area contributed by atoms with Crippen LogP contribution in [0.2, 0.25) is 0 Å². The van der Waals surface area contributed by atoms with Crippen LogP contribution in [0.15, 0.2) is 22.7 Å². The summed E-state index contributed by atoms with van der Waals surface area (Å²) in [7, 11) is 0. The first-order chi connectivity index (χ1) is 10.2. The van der Waals surface area contributed by atoms with Crippen molar-refractivity contribution in [1.29, 1.82) is 0 Å². The molecule has 3 aliphatic rings. The fraction of sp³-hybridized carbons (Fsp3) is 0.562. The maximum absolute atomic E-state index is 12.6. The Labute approximate surface area is 132 Å². The minimum atomic E-state index is 0.0423. The standard InChI is InChI=1S/C16H19BrN2O2/c17-10-3-4-13-12(7-10)15-11(14(8-20)18-13)5-6-19(15)16(21)9-1-2-9/h3-4,7,9,11,14-15,18,20H,1-2,5-6,8H2/t11-,14-,15-/m0/s1. The summed E-state index contributed by atoms with van der Waals surface area (Å²) in [4.78, 5) is 14.7. The molecular weight excluding hydrogens is 332 g/mol. The first kappa shape index (κ1) is 13.6. The Balaban J connectivity index is 1.75. The van der Waals surface area contributed by atoms with Gasteiger partial charge in [0, 0.05) is 28.5 Å². The molecule has 112 valence electrons. The molecule has 3 atom stereocenters. The number of anilines is 1. The molecule has 0 bridgehead atoms. The number of aliphatic hydroxyl groups is 1. The Hall–Kier alpha value is -1.07. The molecule has 0 spiro atoms. The highest BCUT2D eigenvalue weighted by molar-refractivity contribution is 9.10. The number of benzene rings is 1. The van der Waals surface area contributed by atoms with Gasteiger partial charge in [-0.25, -0.2) is 0 Å². The third-order valence-electron chi connectivity index (χ3n) is 5.04. The minimum absolute atomic E-state index is 0.0423. The van der Waals surface area contributed by atoms with E-state index in [0.29, 0.717) is 11.8 Å². The van der Waals surface area contributed by atoms with Gasteiger partial charge in [0.1, 0.15) is 0 Å². The maximum Gasteiger partial charge on any atom is 0.226 e. The molecule has 2 heterocycles. The average molecular weight is 351 g/mol. The van der Waals surface area contributed by atoms with Gasteiger partial charge >= 0.3 is 0 Å². The van der Waals surface area contributed by atoms with Gasteiger partial charge in [0.05, 0.1) is 18.7 Å². The lowest BCUT2D eigenvalue weighted by Crippen LogP contribution is -2.43. The number of aliphatic hydroxyl groups excluding tert-OH is 1. The fourth-order valence-electron chi connectivity index (χ4n) is 3.85. The van der Waals surface area contributed by atoms with E-state index in [4.69, 9.17) is 0 Å². The number of nitrogens with one attached hydrogen (secondary N) is 1. The summed E-state index contributed by atoms with van der Waals surface area (Å²) < 4.78 is 1.04. The summed E-state index contributed by atoms with van der Waals surface area (Å²) in [6.45, 7) is 0.928. The second-order valence-electron chi connectivity index (χ2n) is 6.37. The summed E-state index contributed by atoms with van der Waals surface area (Å²) >= 11 is 3.54. The number of hydrogen-bond donors (Lipinski definition) is 2. The number of fused-ring (bicyclic) bond motifs is 3. The average Bonchev–Trinajstić information content (AvgIpc) is 3.24. The SMILES string of the molecule is O=C(C1CC1)N1CC[C@H]2[C@H](CO)Nc3ccc(Br)cc3[C@H]21. The van der Waals surface area contributed by atoms with E-state index in [1.165, 1.54) is 5.56 Å². The van der Waals surface area contributed by atoms with Crippen molar-refractivity contribution in [1.82, 2.24) is 4.90 Å². The molecule has 0 unspecified atom stereocenters. The number of halogens is 1. The molecule has 1 saturated heterocycles. The van der Waals surface area contributed by atoms with E-state index in [1.54, 1.807) is 0 Å². The van der Waals surface area contributed by atoms with E-state index in [2.05, 4.69) is 32.2 Å². The summed E-state index contributed by atoms with van der Waals surface area (Å²) in [6, 6.07) is 6.31. The summed E-state index contributed by atoms with van der Waals surface area (Å²) in [5, 5.41) is 13.1. The Kier molecular flexibility index (Phi) is 3.23. The second kappa shape index (κ2) is 4.99. The molecular formula is C16H19BrN2O2. The molecule has 2 fully saturated rings. The van der Waals surface area contributed by atoms with Crippen LogP contribution in [-0.4, -0.2) is 35.1 Å². The van der Waals surface area contributed by atoms with Crippen LogP contribution in [-0.2, 0) is 4.79 Å². The Morgan fingerprint density at radius 3 is 2.90 bits per heavy atom. The van der Waals surface area contributed by atoms with Crippen molar-refractivity contribution in [3.8, 4) is 0 Å². The predicted octanol–water partition coefficient (Wildman–Crippen LogP) is 2.54. The van der Waals surface area contributed by atoms with Crippen molar-refractivity contribution in [3.05, 3.63) is 28.2 Å². The molecule has 4 rings (SSSR count). The van der Waals surface area contributed by atoms with Crippen LogP contribution in [0.4, 0.5) is 5.69 Å². The summed E-state index contributed by atoms with van der Waals surface area (Å²) in [5.41, 5.74) is 2.24. The first-order valence-electron chi connectivity index (χ1n) is 7.66. The van der Waals surface area contributed by atoms with Gasteiger partial charge in [-0.2, -0.15) is 0 Å². The topological polar surface area (TPSA) is 52.6 Å². The maximum atomic E-state index is 12.6.